The first-order valence-corrected chi connectivity index (χ1v) is 7.38. The summed E-state index contributed by atoms with van der Waals surface area (Å²) in [6.07, 6.45) is -2.47. The molecule has 4 atom stereocenters. The fraction of sp³-hybridized carbons (Fsp3) is 0.556. The molecule has 1 saturated heterocycles. The van der Waals surface area contributed by atoms with E-state index in [1.807, 2.05) is 4.98 Å². The molecule has 10 nitrogen and oxygen atoms in total. The molecule has 1 unspecified atom stereocenters. The molecule has 0 aliphatic carbocycles. The number of alkyl halides is 1. The first-order chi connectivity index (χ1) is 9.61. The maximum absolute atomic E-state index is 14.6. The van der Waals surface area contributed by atoms with Crippen molar-refractivity contribution in [2.24, 2.45) is 5.50 Å². The Morgan fingerprint density at radius 1 is 1.67 bits per heavy atom. The Labute approximate surface area is 116 Å². The second-order valence-corrected chi connectivity index (χ2v) is 5.84. The van der Waals surface area contributed by atoms with Crippen molar-refractivity contribution in [1.29, 1.82) is 0 Å². The molecule has 1 aliphatic rings. The summed E-state index contributed by atoms with van der Waals surface area (Å²) in [4.78, 5) is 33.1. The number of aliphatic hydroxyl groups excluding tert-OH is 1. The van der Waals surface area contributed by atoms with Gasteiger partial charge in [0.15, 0.2) is 0 Å². The maximum atomic E-state index is 14.6. The average molecular weight is 325 g/mol. The van der Waals surface area contributed by atoms with E-state index in [0.717, 1.165) is 12.3 Å². The topological polar surface area (TPSA) is 157 Å². The summed E-state index contributed by atoms with van der Waals surface area (Å²) in [7, 11) is -4.30. The zero-order valence-electron chi connectivity index (χ0n) is 10.5. The minimum Gasteiger partial charge on any atom is -0.390 e. The second kappa shape index (κ2) is 5.44. The molecule has 2 heterocycles. The fourth-order valence-corrected chi connectivity index (χ4v) is 2.27. The number of nitrogens with one attached hydrogen (secondary N) is 1. The number of rotatable bonds is 4. The lowest BCUT2D eigenvalue weighted by Crippen LogP contribution is -2.41. The van der Waals surface area contributed by atoms with Gasteiger partial charge in [0.2, 0.25) is 0 Å². The van der Waals surface area contributed by atoms with E-state index < -0.39 is 50.2 Å². The summed E-state index contributed by atoms with van der Waals surface area (Å²) in [6.45, 7) is -0.644. The normalized spacial score (nSPS) is 32.0. The highest BCUT2D eigenvalue weighted by Gasteiger charge is 2.49. The first-order valence-electron chi connectivity index (χ1n) is 5.74. The minimum atomic E-state index is -4.30. The Morgan fingerprint density at radius 2 is 2.33 bits per heavy atom. The number of ether oxygens (including phenoxy) is 1. The Hall–Kier alpha value is -1.36. The van der Waals surface area contributed by atoms with Gasteiger partial charge in [-0.1, -0.05) is 0 Å². The molecule has 0 radical (unpaired) electrons. The lowest BCUT2D eigenvalue weighted by atomic mass is 10.2. The smallest absolute Gasteiger partial charge is 0.390 e. The van der Waals surface area contributed by atoms with Gasteiger partial charge in [-0.05, 0) is 0 Å². The quantitative estimate of drug-likeness (QED) is 0.479. The molecule has 1 aliphatic heterocycles. The fourth-order valence-electron chi connectivity index (χ4n) is 1.91. The summed E-state index contributed by atoms with van der Waals surface area (Å²) in [5.41, 5.74) is 2.96. The first kappa shape index (κ1) is 16.0. The monoisotopic (exact) mass is 325 g/mol. The van der Waals surface area contributed by atoms with Crippen molar-refractivity contribution >= 4 is 7.75 Å². The number of hydrogen-bond acceptors (Lipinski definition) is 6. The molecule has 118 valence electrons. The Balaban J connectivity index is 2.20. The largest absolute Gasteiger partial charge is 0.400 e. The molecule has 1 aromatic rings. The molecular weight excluding hydrogens is 312 g/mol. The van der Waals surface area contributed by atoms with Crippen LogP contribution in [0.3, 0.4) is 0 Å². The van der Waals surface area contributed by atoms with Gasteiger partial charge in [0, 0.05) is 12.3 Å². The number of hydrogen-bond donors (Lipinski definition) is 4. The van der Waals surface area contributed by atoms with Crippen LogP contribution in [-0.2, 0) is 19.8 Å². The van der Waals surface area contributed by atoms with Crippen molar-refractivity contribution in [3.63, 3.8) is 0 Å². The van der Waals surface area contributed by atoms with Gasteiger partial charge in [-0.15, -0.1) is 0 Å². The number of aliphatic hydroxyl groups is 1. The minimum absolute atomic E-state index is 0.457. The van der Waals surface area contributed by atoms with Crippen molar-refractivity contribution in [1.82, 2.24) is 9.55 Å². The molecule has 0 saturated carbocycles. The average Bonchev–Trinajstić information content (AvgIpc) is 2.61. The second-order valence-electron chi connectivity index (χ2n) is 4.46. The highest BCUT2D eigenvalue weighted by molar-refractivity contribution is 7.50. The van der Waals surface area contributed by atoms with Crippen LogP contribution < -0.4 is 16.8 Å². The number of H-pyrrole nitrogens is 1. The van der Waals surface area contributed by atoms with E-state index in [2.05, 4.69) is 4.52 Å². The SMILES string of the molecule is NP(=O)(O)OC[C@H]1O[C@@](F)(n2ccc(=O)[nH]c2=O)C[C@@H]1O. The lowest BCUT2D eigenvalue weighted by Gasteiger charge is -2.22. The van der Waals surface area contributed by atoms with Crippen molar-refractivity contribution in [2.75, 3.05) is 6.61 Å². The molecule has 1 fully saturated rings. The van der Waals surface area contributed by atoms with Crippen LogP contribution in [0.2, 0.25) is 0 Å². The van der Waals surface area contributed by atoms with Gasteiger partial charge in [-0.3, -0.25) is 14.3 Å². The van der Waals surface area contributed by atoms with E-state index in [9.17, 15) is 23.7 Å². The van der Waals surface area contributed by atoms with E-state index >= 15 is 0 Å². The van der Waals surface area contributed by atoms with E-state index in [-0.39, 0.29) is 0 Å². The third-order valence-electron chi connectivity index (χ3n) is 2.83. The molecule has 0 amide bonds. The number of nitrogens with zero attached hydrogens (tertiary/aromatic N) is 1. The third-order valence-corrected chi connectivity index (χ3v) is 3.35. The van der Waals surface area contributed by atoms with Crippen molar-refractivity contribution in [3.8, 4) is 0 Å². The molecule has 0 bridgehead atoms. The molecular formula is C9H13FN3O7P. The van der Waals surface area contributed by atoms with Crippen LogP contribution in [0.5, 0.6) is 0 Å². The Bertz CT molecular complexity index is 684. The van der Waals surface area contributed by atoms with Gasteiger partial charge in [0.25, 0.3) is 11.5 Å². The number of halogens is 1. The van der Waals surface area contributed by atoms with Crippen LogP contribution >= 0.6 is 7.75 Å². The van der Waals surface area contributed by atoms with E-state index in [0.29, 0.717) is 4.57 Å². The summed E-state index contributed by atoms with van der Waals surface area (Å²) in [6, 6.07) is 0.907. The summed E-state index contributed by atoms with van der Waals surface area (Å²) >= 11 is 0. The zero-order chi connectivity index (χ0) is 15.8. The molecule has 0 aromatic carbocycles. The molecule has 5 N–H and O–H groups in total. The van der Waals surface area contributed by atoms with Crippen LogP contribution in [0.4, 0.5) is 4.39 Å². The highest BCUT2D eigenvalue weighted by Crippen LogP contribution is 2.38. The predicted octanol–water partition coefficient (Wildman–Crippen LogP) is -1.66. The van der Waals surface area contributed by atoms with Gasteiger partial charge in [-0.2, -0.15) is 4.39 Å². The Kier molecular flexibility index (Phi) is 4.15. The summed E-state index contributed by atoms with van der Waals surface area (Å²) in [5.74, 6) is -2.72. The van der Waals surface area contributed by atoms with Gasteiger partial charge >= 0.3 is 13.4 Å². The molecule has 1 aromatic heterocycles. The van der Waals surface area contributed by atoms with Crippen molar-refractivity contribution < 1.29 is 28.2 Å². The highest BCUT2D eigenvalue weighted by atomic mass is 31.2. The zero-order valence-corrected chi connectivity index (χ0v) is 11.4. The standard InChI is InChI=1S/C9H13FN3O7P/c10-9(13-2-1-7(15)12-8(13)16)3-5(14)6(20-9)4-19-21(11,17)18/h1-2,5-6,14H,3-4H2,(H3,11,17,18)(H,12,15,16)/t5-,6+,9-/m0/s1. The van der Waals surface area contributed by atoms with E-state index in [1.54, 1.807) is 0 Å². The van der Waals surface area contributed by atoms with Crippen LogP contribution in [0.15, 0.2) is 21.9 Å². The van der Waals surface area contributed by atoms with Crippen LogP contribution in [0, 0.1) is 0 Å². The summed E-state index contributed by atoms with van der Waals surface area (Å²) < 4.78 is 35.1. The third kappa shape index (κ3) is 3.64. The maximum Gasteiger partial charge on any atom is 0.400 e. The van der Waals surface area contributed by atoms with E-state index in [4.69, 9.17) is 15.1 Å². The van der Waals surface area contributed by atoms with Gasteiger partial charge in [-0.25, -0.2) is 19.4 Å². The van der Waals surface area contributed by atoms with Crippen molar-refractivity contribution in [2.45, 2.75) is 24.6 Å². The summed E-state index contributed by atoms with van der Waals surface area (Å²) in [5, 5.41) is 9.68. The van der Waals surface area contributed by atoms with Gasteiger partial charge in [0.1, 0.15) is 6.10 Å². The molecule has 2 rings (SSSR count). The number of aromatic amines is 1. The predicted molar refractivity (Wildman–Crippen MR) is 65.9 cm³/mol. The Morgan fingerprint density at radius 3 is 2.90 bits per heavy atom. The number of aromatic nitrogens is 2. The van der Waals surface area contributed by atoms with Crippen LogP contribution in [-0.4, -0.2) is 38.4 Å². The molecule has 12 heteroatoms. The molecule has 21 heavy (non-hydrogen) atoms. The lowest BCUT2D eigenvalue weighted by molar-refractivity contribution is -0.204. The van der Waals surface area contributed by atoms with Gasteiger partial charge in [0.05, 0.1) is 19.1 Å². The van der Waals surface area contributed by atoms with Crippen LogP contribution in [0.1, 0.15) is 6.42 Å². The van der Waals surface area contributed by atoms with Gasteiger partial charge < -0.3 is 14.7 Å². The van der Waals surface area contributed by atoms with E-state index in [1.165, 1.54) is 0 Å². The number of nitrogens with two attached hydrogens (primary N) is 1. The van der Waals surface area contributed by atoms with Crippen molar-refractivity contribution in [3.05, 3.63) is 33.1 Å². The molecule has 0 spiro atoms. The van der Waals surface area contributed by atoms with Crippen LogP contribution in [0.25, 0.3) is 0 Å².